The maximum atomic E-state index is 5.58. The maximum Gasteiger partial charge on any atom is 0.0506 e. The van der Waals surface area contributed by atoms with E-state index < -0.39 is 0 Å². The molecule has 1 N–H and O–H groups in total. The Balaban J connectivity index is 1.42. The summed E-state index contributed by atoms with van der Waals surface area (Å²) in [5.74, 6) is 0.795. The van der Waals surface area contributed by atoms with Gasteiger partial charge in [-0.05, 0) is 51.0 Å². The summed E-state index contributed by atoms with van der Waals surface area (Å²) in [6.07, 6.45) is 8.21. The van der Waals surface area contributed by atoms with Crippen molar-refractivity contribution in [2.24, 2.45) is 5.92 Å². The molecule has 2 aliphatic heterocycles. The summed E-state index contributed by atoms with van der Waals surface area (Å²) in [6, 6.07) is 1.62. The Bertz CT molecular complexity index is 236. The molecule has 98 valence electrons. The third-order valence-electron chi connectivity index (χ3n) is 4.33. The van der Waals surface area contributed by atoms with Crippen LogP contribution < -0.4 is 5.32 Å². The molecular weight excluding hydrogens is 212 g/mol. The fourth-order valence-corrected chi connectivity index (χ4v) is 3.26. The molecule has 2 heterocycles. The molecule has 0 aromatic rings. The highest BCUT2D eigenvalue weighted by Crippen LogP contribution is 2.23. The molecule has 2 atom stereocenters. The van der Waals surface area contributed by atoms with Gasteiger partial charge in [-0.25, -0.2) is 0 Å². The van der Waals surface area contributed by atoms with Gasteiger partial charge >= 0.3 is 0 Å². The minimum absolute atomic E-state index is 0.765. The largest absolute Gasteiger partial charge is 0.381 e. The molecule has 1 aliphatic carbocycles. The Morgan fingerprint density at radius 2 is 2.00 bits per heavy atom. The molecule has 0 radical (unpaired) electrons. The summed E-state index contributed by atoms with van der Waals surface area (Å²) in [7, 11) is 0. The van der Waals surface area contributed by atoms with Crippen molar-refractivity contribution in [1.82, 2.24) is 10.2 Å². The molecule has 3 fully saturated rings. The van der Waals surface area contributed by atoms with Gasteiger partial charge in [0.15, 0.2) is 0 Å². The van der Waals surface area contributed by atoms with Crippen molar-refractivity contribution in [3.63, 3.8) is 0 Å². The van der Waals surface area contributed by atoms with E-state index >= 15 is 0 Å². The molecule has 3 rings (SSSR count). The average molecular weight is 238 g/mol. The van der Waals surface area contributed by atoms with Crippen LogP contribution in [0.1, 0.15) is 38.5 Å². The predicted octanol–water partition coefficient (Wildman–Crippen LogP) is 1.63. The van der Waals surface area contributed by atoms with E-state index in [-0.39, 0.29) is 0 Å². The molecule has 2 unspecified atom stereocenters. The quantitative estimate of drug-likeness (QED) is 0.805. The van der Waals surface area contributed by atoms with E-state index in [1.807, 2.05) is 0 Å². The zero-order chi connectivity index (χ0) is 11.5. The van der Waals surface area contributed by atoms with E-state index in [2.05, 4.69) is 10.2 Å². The van der Waals surface area contributed by atoms with E-state index in [1.54, 1.807) is 0 Å². The lowest BCUT2D eigenvalue weighted by atomic mass is 9.99. The van der Waals surface area contributed by atoms with Gasteiger partial charge in [0.05, 0.1) is 6.61 Å². The van der Waals surface area contributed by atoms with Gasteiger partial charge in [-0.2, -0.15) is 0 Å². The Morgan fingerprint density at radius 1 is 1.06 bits per heavy atom. The average Bonchev–Trinajstić information content (AvgIpc) is 3.15. The third-order valence-corrected chi connectivity index (χ3v) is 4.33. The van der Waals surface area contributed by atoms with Crippen LogP contribution in [0.3, 0.4) is 0 Å². The van der Waals surface area contributed by atoms with Crippen molar-refractivity contribution in [3.05, 3.63) is 0 Å². The van der Waals surface area contributed by atoms with Crippen molar-refractivity contribution in [2.45, 2.75) is 50.6 Å². The molecule has 0 aromatic carbocycles. The molecule has 0 amide bonds. The summed E-state index contributed by atoms with van der Waals surface area (Å²) in [4.78, 5) is 2.67. The lowest BCUT2D eigenvalue weighted by Gasteiger charge is -2.36. The molecule has 3 aliphatic rings. The fraction of sp³-hybridized carbons (Fsp3) is 1.00. The van der Waals surface area contributed by atoms with Crippen molar-refractivity contribution in [2.75, 3.05) is 32.8 Å². The van der Waals surface area contributed by atoms with Gasteiger partial charge in [0, 0.05) is 31.8 Å². The lowest BCUT2D eigenvalue weighted by molar-refractivity contribution is 0.0330. The normalized spacial score (nSPS) is 36.0. The summed E-state index contributed by atoms with van der Waals surface area (Å²) < 4.78 is 5.58. The Morgan fingerprint density at radius 3 is 2.76 bits per heavy atom. The van der Waals surface area contributed by atoms with E-state index in [9.17, 15) is 0 Å². The number of piperidine rings is 1. The second kappa shape index (κ2) is 5.68. The molecule has 2 saturated heterocycles. The van der Waals surface area contributed by atoms with Crippen LogP contribution in [-0.2, 0) is 4.74 Å². The first kappa shape index (κ1) is 11.9. The van der Waals surface area contributed by atoms with E-state index in [1.165, 1.54) is 58.2 Å². The van der Waals surface area contributed by atoms with Crippen LogP contribution in [0.2, 0.25) is 0 Å². The molecule has 17 heavy (non-hydrogen) atoms. The van der Waals surface area contributed by atoms with Crippen LogP contribution in [0.5, 0.6) is 0 Å². The highest BCUT2D eigenvalue weighted by atomic mass is 16.5. The number of hydrogen-bond donors (Lipinski definition) is 1. The molecule has 3 nitrogen and oxygen atoms in total. The Kier molecular flexibility index (Phi) is 3.99. The summed E-state index contributed by atoms with van der Waals surface area (Å²) in [5, 5.41) is 3.79. The topological polar surface area (TPSA) is 24.5 Å². The van der Waals surface area contributed by atoms with Gasteiger partial charge in [-0.15, -0.1) is 0 Å². The van der Waals surface area contributed by atoms with Crippen molar-refractivity contribution in [3.8, 4) is 0 Å². The fourth-order valence-electron chi connectivity index (χ4n) is 3.26. The number of rotatable bonds is 4. The first-order chi connectivity index (χ1) is 8.40. The smallest absolute Gasteiger partial charge is 0.0506 e. The minimum atomic E-state index is 0.765. The number of likely N-dealkylation sites (tertiary alicyclic amines) is 1. The number of nitrogens with zero attached hydrogens (tertiary/aromatic N) is 1. The van der Waals surface area contributed by atoms with Crippen LogP contribution >= 0.6 is 0 Å². The first-order valence-corrected chi connectivity index (χ1v) is 7.46. The van der Waals surface area contributed by atoms with E-state index in [4.69, 9.17) is 4.74 Å². The van der Waals surface area contributed by atoms with Crippen LogP contribution in [-0.4, -0.2) is 49.8 Å². The molecular formula is C14H26N2O. The summed E-state index contributed by atoms with van der Waals surface area (Å²) in [6.45, 7) is 5.83. The standard InChI is InChI=1S/C14H26N2O/c1-4-14(15-13-5-6-13)10-16(7-1)9-12-3-2-8-17-11-12/h12-15H,1-11H2. The lowest BCUT2D eigenvalue weighted by Crippen LogP contribution is -2.48. The highest BCUT2D eigenvalue weighted by molar-refractivity contribution is 4.88. The maximum absolute atomic E-state index is 5.58. The number of hydrogen-bond acceptors (Lipinski definition) is 3. The molecule has 0 aromatic heterocycles. The minimum Gasteiger partial charge on any atom is -0.381 e. The molecule has 1 saturated carbocycles. The van der Waals surface area contributed by atoms with Crippen LogP contribution in [0, 0.1) is 5.92 Å². The Hall–Kier alpha value is -0.120. The van der Waals surface area contributed by atoms with Crippen molar-refractivity contribution < 1.29 is 4.74 Å². The Labute approximate surface area is 105 Å². The monoisotopic (exact) mass is 238 g/mol. The SMILES string of the molecule is C1COCC(CN2CCCC(NC3CC3)C2)C1. The van der Waals surface area contributed by atoms with Gasteiger partial charge < -0.3 is 15.0 Å². The van der Waals surface area contributed by atoms with Crippen LogP contribution in [0.15, 0.2) is 0 Å². The van der Waals surface area contributed by atoms with Gasteiger partial charge in [0.25, 0.3) is 0 Å². The third kappa shape index (κ3) is 3.67. The number of nitrogens with one attached hydrogen (secondary N) is 1. The summed E-state index contributed by atoms with van der Waals surface area (Å²) >= 11 is 0. The van der Waals surface area contributed by atoms with Crippen molar-refractivity contribution >= 4 is 0 Å². The molecule has 0 bridgehead atoms. The zero-order valence-electron chi connectivity index (χ0n) is 10.9. The molecule has 0 spiro atoms. The second-order valence-corrected chi connectivity index (χ2v) is 6.12. The molecule has 3 heteroatoms. The zero-order valence-corrected chi connectivity index (χ0v) is 10.9. The number of ether oxygens (including phenoxy) is 1. The second-order valence-electron chi connectivity index (χ2n) is 6.12. The van der Waals surface area contributed by atoms with E-state index in [0.717, 1.165) is 31.2 Å². The van der Waals surface area contributed by atoms with Crippen molar-refractivity contribution in [1.29, 1.82) is 0 Å². The highest BCUT2D eigenvalue weighted by Gasteiger charge is 2.28. The van der Waals surface area contributed by atoms with Gasteiger partial charge in [-0.3, -0.25) is 0 Å². The van der Waals surface area contributed by atoms with Gasteiger partial charge in [-0.1, -0.05) is 0 Å². The van der Waals surface area contributed by atoms with E-state index in [0.29, 0.717) is 0 Å². The van der Waals surface area contributed by atoms with Crippen LogP contribution in [0.25, 0.3) is 0 Å². The first-order valence-electron chi connectivity index (χ1n) is 7.46. The predicted molar refractivity (Wildman–Crippen MR) is 69.2 cm³/mol. The van der Waals surface area contributed by atoms with Crippen LogP contribution in [0.4, 0.5) is 0 Å². The summed E-state index contributed by atoms with van der Waals surface area (Å²) in [5.41, 5.74) is 0. The van der Waals surface area contributed by atoms with Gasteiger partial charge in [0.1, 0.15) is 0 Å². The van der Waals surface area contributed by atoms with Gasteiger partial charge in [0.2, 0.25) is 0 Å².